The van der Waals surface area contributed by atoms with Gasteiger partial charge in [-0.1, -0.05) is 107 Å². The molecule has 4 aromatic carbocycles. The van der Waals surface area contributed by atoms with Gasteiger partial charge in [-0.2, -0.15) is 0 Å². The van der Waals surface area contributed by atoms with Crippen molar-refractivity contribution < 1.29 is 23.9 Å². The largest absolute Gasteiger partial charge is 0.467 e. The maximum atomic E-state index is 13.9. The standard InChI is InChI=1S/C41H42N2O5/c1-27(2)29-16-18-33(19-17-29)48-34-20-21-36-32(25-34)26-37(43(36)38(44)22-23-41(3,4)5)39(45)42-35(40(46)47-6)24-28-12-14-31(15-13-28)30-10-8-7-9-11-30/h7-23,25-27,35H,24H2,1-6H3,(H,42,45)/b23-22-/t35-/m0/s1. The van der Waals surface area contributed by atoms with Gasteiger partial charge in [0, 0.05) is 17.9 Å². The van der Waals surface area contributed by atoms with Crippen LogP contribution in [0, 0.1) is 5.41 Å². The van der Waals surface area contributed by atoms with Crippen molar-refractivity contribution in [2.24, 2.45) is 5.41 Å². The second-order valence-electron chi connectivity index (χ2n) is 13.3. The monoisotopic (exact) mass is 642 g/mol. The zero-order valence-corrected chi connectivity index (χ0v) is 28.3. The molecule has 5 aromatic rings. The van der Waals surface area contributed by atoms with Crippen molar-refractivity contribution in [2.75, 3.05) is 7.11 Å². The van der Waals surface area contributed by atoms with E-state index in [9.17, 15) is 14.4 Å². The van der Waals surface area contributed by atoms with Crippen molar-refractivity contribution in [2.45, 2.75) is 53.0 Å². The van der Waals surface area contributed by atoms with Crippen molar-refractivity contribution in [1.82, 2.24) is 9.88 Å². The molecule has 48 heavy (non-hydrogen) atoms. The second-order valence-corrected chi connectivity index (χ2v) is 13.3. The number of nitrogens with zero attached hydrogens (tertiary/aromatic N) is 1. The number of hydrogen-bond donors (Lipinski definition) is 1. The average Bonchev–Trinajstić information content (AvgIpc) is 3.46. The number of esters is 1. The molecule has 0 spiro atoms. The molecular formula is C41H42N2O5. The number of carbonyl (C=O) groups excluding carboxylic acids is 3. The van der Waals surface area contributed by atoms with E-state index < -0.39 is 17.9 Å². The Hall–Kier alpha value is -5.43. The summed E-state index contributed by atoms with van der Waals surface area (Å²) in [4.78, 5) is 40.5. The Morgan fingerprint density at radius 2 is 1.46 bits per heavy atom. The van der Waals surface area contributed by atoms with Crippen LogP contribution in [0.4, 0.5) is 0 Å². The molecule has 7 heteroatoms. The molecule has 0 fully saturated rings. The van der Waals surface area contributed by atoms with E-state index in [0.717, 1.165) is 16.7 Å². The first-order chi connectivity index (χ1) is 22.9. The molecule has 7 nitrogen and oxygen atoms in total. The first kappa shape index (κ1) is 33.9. The Bertz CT molecular complexity index is 1930. The van der Waals surface area contributed by atoms with Crippen LogP contribution in [0.2, 0.25) is 0 Å². The van der Waals surface area contributed by atoms with E-state index in [4.69, 9.17) is 9.47 Å². The fraction of sp³-hybridized carbons (Fsp3) is 0.244. The third-order valence-corrected chi connectivity index (χ3v) is 8.03. The first-order valence-corrected chi connectivity index (χ1v) is 16.1. The Balaban J connectivity index is 1.44. The molecule has 1 aromatic heterocycles. The van der Waals surface area contributed by atoms with Crippen LogP contribution >= 0.6 is 0 Å². The average molecular weight is 643 g/mol. The van der Waals surface area contributed by atoms with E-state index >= 15 is 0 Å². The van der Waals surface area contributed by atoms with E-state index in [1.807, 2.05) is 99.6 Å². The lowest BCUT2D eigenvalue weighted by Crippen LogP contribution is -2.43. The lowest BCUT2D eigenvalue weighted by Gasteiger charge is -2.18. The SMILES string of the molecule is COC(=O)[C@H](Cc1ccc(-c2ccccc2)cc1)NC(=O)c1cc2cc(Oc3ccc(C(C)C)cc3)ccc2n1C(=O)/C=C\C(C)(C)C. The van der Waals surface area contributed by atoms with Gasteiger partial charge in [0.05, 0.1) is 12.6 Å². The minimum atomic E-state index is -0.982. The van der Waals surface area contributed by atoms with Gasteiger partial charge in [0.25, 0.3) is 11.8 Å². The molecule has 0 saturated heterocycles. The van der Waals surface area contributed by atoms with E-state index in [1.54, 1.807) is 30.3 Å². The Kier molecular flexibility index (Phi) is 10.3. The van der Waals surface area contributed by atoms with E-state index in [2.05, 4.69) is 19.2 Å². The number of methoxy groups -OCH3 is 1. The molecule has 0 bridgehead atoms. The van der Waals surface area contributed by atoms with E-state index in [-0.39, 0.29) is 23.4 Å². The summed E-state index contributed by atoms with van der Waals surface area (Å²) in [6.07, 6.45) is 3.49. The molecule has 246 valence electrons. The molecule has 0 aliphatic rings. The highest BCUT2D eigenvalue weighted by atomic mass is 16.5. The van der Waals surface area contributed by atoms with Crippen LogP contribution in [-0.2, 0) is 16.0 Å². The molecule has 5 rings (SSSR count). The summed E-state index contributed by atoms with van der Waals surface area (Å²) in [5, 5.41) is 3.47. The topological polar surface area (TPSA) is 86.6 Å². The smallest absolute Gasteiger partial charge is 0.328 e. The van der Waals surface area contributed by atoms with Crippen molar-refractivity contribution >= 4 is 28.7 Å². The van der Waals surface area contributed by atoms with Crippen molar-refractivity contribution in [3.63, 3.8) is 0 Å². The van der Waals surface area contributed by atoms with Gasteiger partial charge in [-0.15, -0.1) is 0 Å². The molecule has 1 N–H and O–H groups in total. The third-order valence-electron chi connectivity index (χ3n) is 8.03. The molecular weight excluding hydrogens is 600 g/mol. The number of benzene rings is 4. The Morgan fingerprint density at radius 3 is 2.08 bits per heavy atom. The van der Waals surface area contributed by atoms with E-state index in [0.29, 0.717) is 28.3 Å². The molecule has 0 saturated carbocycles. The van der Waals surface area contributed by atoms with Gasteiger partial charge in [0.2, 0.25) is 0 Å². The summed E-state index contributed by atoms with van der Waals surface area (Å²) in [6.45, 7) is 10.2. The van der Waals surface area contributed by atoms with Crippen LogP contribution in [-0.4, -0.2) is 35.5 Å². The van der Waals surface area contributed by atoms with E-state index in [1.165, 1.54) is 23.3 Å². The first-order valence-electron chi connectivity index (χ1n) is 16.1. The van der Waals surface area contributed by atoms with Crippen molar-refractivity contribution in [1.29, 1.82) is 0 Å². The van der Waals surface area contributed by atoms with Gasteiger partial charge >= 0.3 is 5.97 Å². The van der Waals surface area contributed by atoms with Gasteiger partial charge < -0.3 is 14.8 Å². The highest BCUT2D eigenvalue weighted by molar-refractivity contribution is 6.08. The normalized spacial score (nSPS) is 12.3. The molecule has 0 radical (unpaired) electrons. The number of amides is 1. The number of ether oxygens (including phenoxy) is 2. The van der Waals surface area contributed by atoms with Gasteiger partial charge in [-0.05, 0) is 70.0 Å². The molecule has 1 heterocycles. The minimum absolute atomic E-state index is 0.0975. The number of fused-ring (bicyclic) bond motifs is 1. The molecule has 0 unspecified atom stereocenters. The second kappa shape index (κ2) is 14.6. The van der Waals surface area contributed by atoms with Gasteiger partial charge in [0.15, 0.2) is 0 Å². The summed E-state index contributed by atoms with van der Waals surface area (Å²) in [5.74, 6) is 0.103. The van der Waals surface area contributed by atoms with Gasteiger partial charge in [-0.3, -0.25) is 14.2 Å². The zero-order chi connectivity index (χ0) is 34.4. The Morgan fingerprint density at radius 1 is 0.812 bits per heavy atom. The number of rotatable bonds is 10. The summed E-state index contributed by atoms with van der Waals surface area (Å²) in [7, 11) is 1.29. The molecule has 0 aliphatic carbocycles. The van der Waals surface area contributed by atoms with Crippen molar-refractivity contribution in [3.8, 4) is 22.6 Å². The minimum Gasteiger partial charge on any atom is -0.467 e. The third kappa shape index (κ3) is 8.28. The molecule has 0 aliphatic heterocycles. The van der Waals surface area contributed by atoms with Crippen LogP contribution in [0.25, 0.3) is 22.0 Å². The quantitative estimate of drug-likeness (QED) is 0.121. The Labute approximate surface area is 282 Å². The highest BCUT2D eigenvalue weighted by Crippen LogP contribution is 2.30. The highest BCUT2D eigenvalue weighted by Gasteiger charge is 2.27. The van der Waals surface area contributed by atoms with Gasteiger partial charge in [-0.25, -0.2) is 4.79 Å². The maximum absolute atomic E-state index is 13.9. The molecule has 1 atom stereocenters. The number of aromatic nitrogens is 1. The summed E-state index contributed by atoms with van der Waals surface area (Å²) < 4.78 is 12.6. The predicted molar refractivity (Wildman–Crippen MR) is 191 cm³/mol. The molecule has 1 amide bonds. The summed E-state index contributed by atoms with van der Waals surface area (Å²) in [6, 6.07) is 31.7. The maximum Gasteiger partial charge on any atom is 0.328 e. The van der Waals surface area contributed by atoms with Crippen LogP contribution in [0.5, 0.6) is 11.5 Å². The predicted octanol–water partition coefficient (Wildman–Crippen LogP) is 8.98. The summed E-state index contributed by atoms with van der Waals surface area (Å²) >= 11 is 0. The fourth-order valence-corrected chi connectivity index (χ4v) is 5.38. The van der Waals surface area contributed by atoms with Crippen LogP contribution in [0.3, 0.4) is 0 Å². The number of hydrogen-bond acceptors (Lipinski definition) is 5. The lowest BCUT2D eigenvalue weighted by molar-refractivity contribution is -0.142. The van der Waals surface area contributed by atoms with Crippen molar-refractivity contribution in [3.05, 3.63) is 132 Å². The number of allylic oxidation sites excluding steroid dienone is 2. The summed E-state index contributed by atoms with van der Waals surface area (Å²) in [5.41, 5.74) is 4.56. The lowest BCUT2D eigenvalue weighted by atomic mass is 9.96. The number of nitrogens with one attached hydrogen (secondary N) is 1. The fourth-order valence-electron chi connectivity index (χ4n) is 5.38. The zero-order valence-electron chi connectivity index (χ0n) is 28.3. The number of carbonyl (C=O) groups is 3. The van der Waals surface area contributed by atoms with Crippen LogP contribution < -0.4 is 10.1 Å². The van der Waals surface area contributed by atoms with Crippen LogP contribution in [0.15, 0.2) is 115 Å². The van der Waals surface area contributed by atoms with Crippen LogP contribution in [0.1, 0.15) is 66.9 Å². The van der Waals surface area contributed by atoms with Gasteiger partial charge in [0.1, 0.15) is 23.2 Å².